The first-order chi connectivity index (χ1) is 6.86. The summed E-state index contributed by atoms with van der Waals surface area (Å²) in [4.78, 5) is 2.65. The summed E-state index contributed by atoms with van der Waals surface area (Å²) in [6.07, 6.45) is 7.41. The van der Waals surface area contributed by atoms with Crippen molar-refractivity contribution in [1.82, 2.24) is 10.2 Å². The van der Waals surface area contributed by atoms with Gasteiger partial charge in [0.15, 0.2) is 0 Å². The van der Waals surface area contributed by atoms with Crippen molar-refractivity contribution < 1.29 is 0 Å². The molecule has 1 aliphatic heterocycles. The summed E-state index contributed by atoms with van der Waals surface area (Å²) in [5.41, 5.74) is 0. The Hall–Kier alpha value is -0.0800. The second kappa shape index (κ2) is 5.13. The zero-order valence-corrected chi connectivity index (χ0v) is 9.47. The van der Waals surface area contributed by atoms with E-state index in [9.17, 15) is 0 Å². The molecule has 1 atom stereocenters. The van der Waals surface area contributed by atoms with Crippen LogP contribution < -0.4 is 5.32 Å². The van der Waals surface area contributed by atoms with Crippen molar-refractivity contribution in [2.75, 3.05) is 26.2 Å². The average molecular weight is 196 g/mol. The van der Waals surface area contributed by atoms with Crippen LogP contribution in [0.5, 0.6) is 0 Å². The van der Waals surface area contributed by atoms with Crippen LogP contribution in [0.4, 0.5) is 0 Å². The Morgan fingerprint density at radius 1 is 1.29 bits per heavy atom. The fourth-order valence-corrected chi connectivity index (χ4v) is 2.56. The normalized spacial score (nSPS) is 27.2. The molecule has 0 radical (unpaired) electrons. The molecule has 2 rings (SSSR count). The number of nitrogens with zero attached hydrogens (tertiary/aromatic N) is 1. The molecule has 1 aliphatic carbocycles. The van der Waals surface area contributed by atoms with E-state index in [1.807, 2.05) is 0 Å². The molecule has 2 nitrogen and oxygen atoms in total. The Morgan fingerprint density at radius 2 is 2.00 bits per heavy atom. The molecule has 14 heavy (non-hydrogen) atoms. The van der Waals surface area contributed by atoms with E-state index in [1.165, 1.54) is 58.3 Å². The number of hydrogen-bond acceptors (Lipinski definition) is 2. The summed E-state index contributed by atoms with van der Waals surface area (Å²) in [5, 5.41) is 3.42. The summed E-state index contributed by atoms with van der Waals surface area (Å²) >= 11 is 0. The van der Waals surface area contributed by atoms with Crippen LogP contribution in [0.2, 0.25) is 0 Å². The van der Waals surface area contributed by atoms with Crippen molar-refractivity contribution in [3.8, 4) is 0 Å². The molecule has 1 unspecified atom stereocenters. The van der Waals surface area contributed by atoms with Crippen molar-refractivity contribution in [1.29, 1.82) is 0 Å². The number of nitrogens with one attached hydrogen (secondary N) is 1. The van der Waals surface area contributed by atoms with E-state index in [0.29, 0.717) is 0 Å². The van der Waals surface area contributed by atoms with Crippen molar-refractivity contribution in [3.05, 3.63) is 0 Å². The van der Waals surface area contributed by atoms with Gasteiger partial charge in [0.1, 0.15) is 0 Å². The van der Waals surface area contributed by atoms with Crippen LogP contribution in [0.15, 0.2) is 0 Å². The molecule has 1 heterocycles. The zero-order valence-electron chi connectivity index (χ0n) is 9.47. The highest BCUT2D eigenvalue weighted by Crippen LogP contribution is 2.31. The van der Waals surface area contributed by atoms with Gasteiger partial charge in [-0.1, -0.05) is 19.3 Å². The second-order valence-corrected chi connectivity index (χ2v) is 5.01. The largest absolute Gasteiger partial charge is 0.314 e. The minimum atomic E-state index is 0.817. The van der Waals surface area contributed by atoms with Crippen LogP contribution in [0.3, 0.4) is 0 Å². The SMILES string of the molecule is CC(CCC1CCC1)N1CCNCC1. The maximum atomic E-state index is 3.42. The minimum Gasteiger partial charge on any atom is -0.314 e. The summed E-state index contributed by atoms with van der Waals surface area (Å²) in [5.74, 6) is 1.08. The fourth-order valence-electron chi connectivity index (χ4n) is 2.56. The molecule has 0 spiro atoms. The van der Waals surface area contributed by atoms with E-state index in [-0.39, 0.29) is 0 Å². The average Bonchev–Trinajstić information content (AvgIpc) is 2.16. The zero-order chi connectivity index (χ0) is 9.80. The van der Waals surface area contributed by atoms with E-state index in [4.69, 9.17) is 0 Å². The van der Waals surface area contributed by atoms with E-state index in [0.717, 1.165) is 12.0 Å². The molecule has 0 aromatic heterocycles. The van der Waals surface area contributed by atoms with E-state index >= 15 is 0 Å². The Labute approximate surface area is 88.1 Å². The number of hydrogen-bond donors (Lipinski definition) is 1. The lowest BCUT2D eigenvalue weighted by atomic mass is 9.81. The van der Waals surface area contributed by atoms with Gasteiger partial charge in [0.05, 0.1) is 0 Å². The van der Waals surface area contributed by atoms with Gasteiger partial charge in [-0.05, 0) is 25.7 Å². The van der Waals surface area contributed by atoms with E-state index in [1.54, 1.807) is 0 Å². The lowest BCUT2D eigenvalue weighted by molar-refractivity contribution is 0.160. The Balaban J connectivity index is 1.62. The number of piperazine rings is 1. The summed E-state index contributed by atoms with van der Waals surface area (Å²) < 4.78 is 0. The van der Waals surface area contributed by atoms with Crippen LogP contribution in [-0.2, 0) is 0 Å². The standard InChI is InChI=1S/C12H24N2/c1-11(5-6-12-3-2-4-12)14-9-7-13-8-10-14/h11-13H,2-10H2,1H3. The van der Waals surface area contributed by atoms with Gasteiger partial charge in [0, 0.05) is 32.2 Å². The maximum absolute atomic E-state index is 3.42. The molecule has 2 heteroatoms. The first kappa shape index (κ1) is 10.4. The quantitative estimate of drug-likeness (QED) is 0.738. The molecule has 82 valence electrons. The van der Waals surface area contributed by atoms with Gasteiger partial charge in [-0.15, -0.1) is 0 Å². The third-order valence-corrected chi connectivity index (χ3v) is 3.99. The van der Waals surface area contributed by atoms with Crippen LogP contribution in [0.1, 0.15) is 39.0 Å². The Kier molecular flexibility index (Phi) is 3.82. The van der Waals surface area contributed by atoms with E-state index in [2.05, 4.69) is 17.1 Å². The highest BCUT2D eigenvalue weighted by atomic mass is 15.2. The predicted molar refractivity (Wildman–Crippen MR) is 60.5 cm³/mol. The Morgan fingerprint density at radius 3 is 2.57 bits per heavy atom. The lowest BCUT2D eigenvalue weighted by Gasteiger charge is -2.34. The smallest absolute Gasteiger partial charge is 0.0110 e. The van der Waals surface area contributed by atoms with Gasteiger partial charge in [0.2, 0.25) is 0 Å². The molecular weight excluding hydrogens is 172 g/mol. The van der Waals surface area contributed by atoms with Gasteiger partial charge in [-0.2, -0.15) is 0 Å². The van der Waals surface area contributed by atoms with Crippen LogP contribution in [0, 0.1) is 5.92 Å². The lowest BCUT2D eigenvalue weighted by Crippen LogP contribution is -2.47. The molecule has 0 amide bonds. The molecule has 0 bridgehead atoms. The molecule has 1 saturated heterocycles. The summed E-state index contributed by atoms with van der Waals surface area (Å²) in [6, 6.07) is 0.817. The Bertz CT molecular complexity index is 160. The number of rotatable bonds is 4. The molecular formula is C12H24N2. The van der Waals surface area contributed by atoms with Gasteiger partial charge in [-0.25, -0.2) is 0 Å². The summed E-state index contributed by atoms with van der Waals surface area (Å²) in [7, 11) is 0. The molecule has 2 fully saturated rings. The molecule has 2 aliphatic rings. The second-order valence-electron chi connectivity index (χ2n) is 5.01. The first-order valence-electron chi connectivity index (χ1n) is 6.31. The summed E-state index contributed by atoms with van der Waals surface area (Å²) in [6.45, 7) is 7.29. The maximum Gasteiger partial charge on any atom is 0.0110 e. The van der Waals surface area contributed by atoms with Crippen molar-refractivity contribution in [2.24, 2.45) is 5.92 Å². The molecule has 1 saturated carbocycles. The van der Waals surface area contributed by atoms with Gasteiger partial charge in [0.25, 0.3) is 0 Å². The predicted octanol–water partition coefficient (Wildman–Crippen LogP) is 1.86. The molecule has 0 aromatic carbocycles. The highest BCUT2D eigenvalue weighted by Gasteiger charge is 2.21. The molecule has 1 N–H and O–H groups in total. The van der Waals surface area contributed by atoms with Crippen LogP contribution >= 0.6 is 0 Å². The van der Waals surface area contributed by atoms with Gasteiger partial charge < -0.3 is 5.32 Å². The minimum absolute atomic E-state index is 0.817. The van der Waals surface area contributed by atoms with Crippen molar-refractivity contribution >= 4 is 0 Å². The third-order valence-electron chi connectivity index (χ3n) is 3.99. The monoisotopic (exact) mass is 196 g/mol. The van der Waals surface area contributed by atoms with Crippen LogP contribution in [0.25, 0.3) is 0 Å². The van der Waals surface area contributed by atoms with E-state index < -0.39 is 0 Å². The van der Waals surface area contributed by atoms with Gasteiger partial charge in [-0.3, -0.25) is 4.90 Å². The highest BCUT2D eigenvalue weighted by molar-refractivity contribution is 4.76. The van der Waals surface area contributed by atoms with Crippen molar-refractivity contribution in [3.63, 3.8) is 0 Å². The fraction of sp³-hybridized carbons (Fsp3) is 1.00. The molecule has 0 aromatic rings. The van der Waals surface area contributed by atoms with Crippen molar-refractivity contribution in [2.45, 2.75) is 45.1 Å². The van der Waals surface area contributed by atoms with Crippen LogP contribution in [-0.4, -0.2) is 37.1 Å². The first-order valence-corrected chi connectivity index (χ1v) is 6.31. The van der Waals surface area contributed by atoms with Gasteiger partial charge >= 0.3 is 0 Å². The third kappa shape index (κ3) is 2.71. The topological polar surface area (TPSA) is 15.3 Å².